The highest BCUT2D eigenvalue weighted by molar-refractivity contribution is 9.09. The molecule has 0 amide bonds. The highest BCUT2D eigenvalue weighted by Gasteiger charge is 2.46. The molecule has 0 unspecified atom stereocenters. The van der Waals surface area contributed by atoms with Crippen molar-refractivity contribution in [1.29, 1.82) is 0 Å². The van der Waals surface area contributed by atoms with Crippen LogP contribution in [0.25, 0.3) is 0 Å². The van der Waals surface area contributed by atoms with Crippen LogP contribution in [0.3, 0.4) is 0 Å². The van der Waals surface area contributed by atoms with Crippen molar-refractivity contribution < 1.29 is 28.6 Å². The van der Waals surface area contributed by atoms with Crippen LogP contribution in [0.1, 0.15) is 124 Å². The summed E-state index contributed by atoms with van der Waals surface area (Å²) < 4.78 is 16.2. The van der Waals surface area contributed by atoms with Crippen LogP contribution < -0.4 is 0 Å². The van der Waals surface area contributed by atoms with Gasteiger partial charge in [-0.3, -0.25) is 14.4 Å². The standard InChI is InChI=1S/C27H49BrO6/c1-4-6-8-10-12-17-21-32-25(30)27(3,23-34-24(29)19-15-14-16-20-28)26(31)33-22-18-13-11-9-7-5-2/h4-23H2,1-3H3. The van der Waals surface area contributed by atoms with Crippen LogP contribution in [0.2, 0.25) is 0 Å². The van der Waals surface area contributed by atoms with Gasteiger partial charge in [0.05, 0.1) is 13.2 Å². The lowest BCUT2D eigenvalue weighted by Gasteiger charge is -2.25. The van der Waals surface area contributed by atoms with E-state index in [0.717, 1.165) is 56.7 Å². The Morgan fingerprint density at radius 1 is 0.618 bits per heavy atom. The van der Waals surface area contributed by atoms with Gasteiger partial charge in [0.25, 0.3) is 0 Å². The van der Waals surface area contributed by atoms with E-state index in [1.54, 1.807) is 0 Å². The largest absolute Gasteiger partial charge is 0.465 e. The first kappa shape index (κ1) is 32.9. The summed E-state index contributed by atoms with van der Waals surface area (Å²) in [5.74, 6) is -1.77. The lowest BCUT2D eigenvalue weighted by atomic mass is 9.92. The number of alkyl halides is 1. The normalized spacial score (nSPS) is 11.3. The molecule has 0 aromatic carbocycles. The minimum atomic E-state index is -1.64. The third-order valence-electron chi connectivity index (χ3n) is 5.90. The Labute approximate surface area is 216 Å². The maximum atomic E-state index is 12.8. The fraction of sp³-hybridized carbons (Fsp3) is 0.889. The summed E-state index contributed by atoms with van der Waals surface area (Å²) in [5.41, 5.74) is -1.64. The first-order chi connectivity index (χ1) is 16.4. The molecule has 0 atom stereocenters. The second kappa shape index (κ2) is 22.4. The van der Waals surface area contributed by atoms with E-state index in [9.17, 15) is 14.4 Å². The third-order valence-corrected chi connectivity index (χ3v) is 6.46. The summed E-state index contributed by atoms with van der Waals surface area (Å²) in [6, 6.07) is 0. The van der Waals surface area contributed by atoms with Crippen LogP contribution >= 0.6 is 15.9 Å². The van der Waals surface area contributed by atoms with Gasteiger partial charge in [-0.15, -0.1) is 0 Å². The topological polar surface area (TPSA) is 78.9 Å². The van der Waals surface area contributed by atoms with E-state index in [1.807, 2.05) is 0 Å². The number of hydrogen-bond acceptors (Lipinski definition) is 6. The summed E-state index contributed by atoms with van der Waals surface area (Å²) >= 11 is 3.37. The molecular weight excluding hydrogens is 500 g/mol. The van der Waals surface area contributed by atoms with E-state index in [2.05, 4.69) is 29.8 Å². The van der Waals surface area contributed by atoms with Crippen molar-refractivity contribution in [3.05, 3.63) is 0 Å². The van der Waals surface area contributed by atoms with E-state index >= 15 is 0 Å². The lowest BCUT2D eigenvalue weighted by molar-refractivity contribution is -0.177. The Hall–Kier alpha value is -1.11. The van der Waals surface area contributed by atoms with Gasteiger partial charge in [-0.25, -0.2) is 0 Å². The number of unbranched alkanes of at least 4 members (excludes halogenated alkanes) is 12. The monoisotopic (exact) mass is 548 g/mol. The van der Waals surface area contributed by atoms with Gasteiger partial charge in [-0.2, -0.15) is 0 Å². The van der Waals surface area contributed by atoms with E-state index in [0.29, 0.717) is 6.42 Å². The fourth-order valence-electron chi connectivity index (χ4n) is 3.45. The number of ether oxygens (including phenoxy) is 3. The zero-order valence-electron chi connectivity index (χ0n) is 22.0. The molecule has 0 aliphatic rings. The van der Waals surface area contributed by atoms with Crippen molar-refractivity contribution in [2.45, 2.75) is 124 Å². The smallest absolute Gasteiger partial charge is 0.326 e. The molecule has 0 bridgehead atoms. The molecule has 0 fully saturated rings. The Morgan fingerprint density at radius 2 is 1.06 bits per heavy atom. The maximum absolute atomic E-state index is 12.8. The molecule has 0 aromatic rings. The number of halogens is 1. The molecule has 34 heavy (non-hydrogen) atoms. The molecule has 0 saturated heterocycles. The van der Waals surface area contributed by atoms with E-state index < -0.39 is 23.3 Å². The minimum absolute atomic E-state index is 0.256. The molecule has 7 heteroatoms. The highest BCUT2D eigenvalue weighted by Crippen LogP contribution is 2.23. The average Bonchev–Trinajstić information content (AvgIpc) is 2.83. The number of carbonyl (C=O) groups excluding carboxylic acids is 3. The number of esters is 3. The summed E-state index contributed by atoms with van der Waals surface area (Å²) in [5, 5.41) is 0.898. The van der Waals surface area contributed by atoms with E-state index in [-0.39, 0.29) is 26.2 Å². The Balaban J connectivity index is 4.67. The summed E-state index contributed by atoms with van der Waals surface area (Å²) in [7, 11) is 0. The van der Waals surface area contributed by atoms with Crippen molar-refractivity contribution in [2.24, 2.45) is 5.41 Å². The third kappa shape index (κ3) is 16.5. The molecule has 0 rings (SSSR count). The van der Waals surface area contributed by atoms with Crippen molar-refractivity contribution in [3.63, 3.8) is 0 Å². The van der Waals surface area contributed by atoms with E-state index in [4.69, 9.17) is 14.2 Å². The first-order valence-electron chi connectivity index (χ1n) is 13.5. The summed E-state index contributed by atoms with van der Waals surface area (Å²) in [4.78, 5) is 37.8. The number of carbonyl (C=O) groups is 3. The molecule has 0 heterocycles. The van der Waals surface area contributed by atoms with Gasteiger partial charge in [-0.1, -0.05) is 100 Å². The van der Waals surface area contributed by atoms with Gasteiger partial charge in [0.15, 0.2) is 5.41 Å². The molecule has 0 aliphatic heterocycles. The second-order valence-corrected chi connectivity index (χ2v) is 10.1. The van der Waals surface area contributed by atoms with Gasteiger partial charge in [-0.05, 0) is 32.6 Å². The predicted molar refractivity (Wildman–Crippen MR) is 140 cm³/mol. The van der Waals surface area contributed by atoms with Gasteiger partial charge in [0.1, 0.15) is 6.61 Å². The molecule has 200 valence electrons. The molecule has 0 aliphatic carbocycles. The Morgan fingerprint density at radius 3 is 1.53 bits per heavy atom. The van der Waals surface area contributed by atoms with E-state index in [1.165, 1.54) is 45.4 Å². The molecule has 0 aromatic heterocycles. The lowest BCUT2D eigenvalue weighted by Crippen LogP contribution is -2.44. The van der Waals surface area contributed by atoms with Crippen molar-refractivity contribution >= 4 is 33.8 Å². The van der Waals surface area contributed by atoms with Gasteiger partial charge in [0.2, 0.25) is 0 Å². The fourth-order valence-corrected chi connectivity index (χ4v) is 3.85. The van der Waals surface area contributed by atoms with Crippen molar-refractivity contribution in [3.8, 4) is 0 Å². The number of rotatable bonds is 23. The van der Waals surface area contributed by atoms with Crippen molar-refractivity contribution in [2.75, 3.05) is 25.2 Å². The highest BCUT2D eigenvalue weighted by atomic mass is 79.9. The van der Waals surface area contributed by atoms with Crippen LogP contribution in [0.4, 0.5) is 0 Å². The average molecular weight is 550 g/mol. The number of hydrogen-bond donors (Lipinski definition) is 0. The van der Waals surface area contributed by atoms with Crippen LogP contribution in [-0.4, -0.2) is 43.1 Å². The summed E-state index contributed by atoms with van der Waals surface area (Å²) in [6.45, 7) is 5.96. The van der Waals surface area contributed by atoms with Crippen LogP contribution in [0.15, 0.2) is 0 Å². The van der Waals surface area contributed by atoms with Gasteiger partial charge in [0, 0.05) is 11.8 Å². The predicted octanol–water partition coefficient (Wildman–Crippen LogP) is 7.30. The molecule has 6 nitrogen and oxygen atoms in total. The Bertz CT molecular complexity index is 507. The van der Waals surface area contributed by atoms with Crippen LogP contribution in [-0.2, 0) is 28.6 Å². The molecular formula is C27H49BrO6. The SMILES string of the molecule is CCCCCCCCOC(=O)C(C)(COC(=O)CCCCCBr)C(=O)OCCCCCCCC. The van der Waals surface area contributed by atoms with Gasteiger partial charge >= 0.3 is 17.9 Å². The molecule has 0 spiro atoms. The summed E-state index contributed by atoms with van der Waals surface area (Å²) in [6.07, 6.45) is 15.7. The van der Waals surface area contributed by atoms with Crippen LogP contribution in [0.5, 0.6) is 0 Å². The zero-order valence-corrected chi connectivity index (χ0v) is 23.6. The second-order valence-electron chi connectivity index (χ2n) is 9.30. The first-order valence-corrected chi connectivity index (χ1v) is 14.6. The van der Waals surface area contributed by atoms with Gasteiger partial charge < -0.3 is 14.2 Å². The molecule has 0 saturated carbocycles. The Kier molecular flexibility index (Phi) is 21.6. The van der Waals surface area contributed by atoms with Crippen molar-refractivity contribution in [1.82, 2.24) is 0 Å². The maximum Gasteiger partial charge on any atom is 0.326 e. The minimum Gasteiger partial charge on any atom is -0.465 e. The molecule has 0 radical (unpaired) electrons. The quantitative estimate of drug-likeness (QED) is 0.0438. The molecule has 0 N–H and O–H groups in total. The zero-order chi connectivity index (χ0) is 25.5. The van der Waals surface area contributed by atoms with Crippen LogP contribution in [0, 0.1) is 5.41 Å².